The molecule has 1 heterocycles. The fraction of sp³-hybridized carbons (Fsp3) is 0.467. The first kappa shape index (κ1) is 13.7. The van der Waals surface area contributed by atoms with E-state index in [9.17, 15) is 5.11 Å². The van der Waals surface area contributed by atoms with Crippen molar-refractivity contribution in [2.24, 2.45) is 5.92 Å². The maximum atomic E-state index is 9.39. The standard InChI is InChI=1S/C15H21N3O/c1-10(2)7-15-13(9-19)16-17-18(15)14-6-5-11(3)8-12(14)4/h5-6,8,10,19H,7,9H2,1-4H3. The second-order valence-corrected chi connectivity index (χ2v) is 5.44. The third-order valence-corrected chi connectivity index (χ3v) is 3.18. The van der Waals surface area contributed by atoms with Gasteiger partial charge >= 0.3 is 0 Å². The minimum absolute atomic E-state index is 0.0625. The van der Waals surface area contributed by atoms with Crippen molar-refractivity contribution in [3.8, 4) is 5.69 Å². The average Bonchev–Trinajstić information content (AvgIpc) is 2.71. The van der Waals surface area contributed by atoms with Crippen LogP contribution in [0.5, 0.6) is 0 Å². The molecule has 2 aromatic rings. The molecule has 0 atom stereocenters. The lowest BCUT2D eigenvalue weighted by molar-refractivity contribution is 0.275. The van der Waals surface area contributed by atoms with Crippen LogP contribution in [-0.4, -0.2) is 20.1 Å². The summed E-state index contributed by atoms with van der Waals surface area (Å²) in [5.74, 6) is 0.494. The Balaban J connectivity index is 2.52. The molecule has 0 aliphatic heterocycles. The Morgan fingerprint density at radius 1 is 1.26 bits per heavy atom. The second kappa shape index (κ2) is 5.53. The van der Waals surface area contributed by atoms with Crippen molar-refractivity contribution in [3.63, 3.8) is 0 Å². The largest absolute Gasteiger partial charge is 0.390 e. The molecule has 19 heavy (non-hydrogen) atoms. The molecule has 1 aromatic carbocycles. The van der Waals surface area contributed by atoms with Gasteiger partial charge in [-0.25, -0.2) is 4.68 Å². The molecule has 0 saturated carbocycles. The zero-order valence-electron chi connectivity index (χ0n) is 12.0. The molecule has 102 valence electrons. The maximum absolute atomic E-state index is 9.39. The highest BCUT2D eigenvalue weighted by molar-refractivity contribution is 5.43. The van der Waals surface area contributed by atoms with Gasteiger partial charge in [-0.2, -0.15) is 0 Å². The highest BCUT2D eigenvalue weighted by atomic mass is 16.3. The maximum Gasteiger partial charge on any atom is 0.112 e. The van der Waals surface area contributed by atoms with Crippen molar-refractivity contribution in [2.75, 3.05) is 0 Å². The summed E-state index contributed by atoms with van der Waals surface area (Å²) in [7, 11) is 0. The first-order chi connectivity index (χ1) is 9.02. The van der Waals surface area contributed by atoms with Gasteiger partial charge < -0.3 is 5.11 Å². The van der Waals surface area contributed by atoms with Crippen molar-refractivity contribution in [2.45, 2.75) is 40.7 Å². The van der Waals surface area contributed by atoms with E-state index in [0.717, 1.165) is 17.8 Å². The Labute approximate surface area is 114 Å². The van der Waals surface area contributed by atoms with Crippen LogP contribution in [-0.2, 0) is 13.0 Å². The number of hydrogen-bond acceptors (Lipinski definition) is 3. The lowest BCUT2D eigenvalue weighted by Crippen LogP contribution is -2.08. The van der Waals surface area contributed by atoms with Crippen molar-refractivity contribution in [3.05, 3.63) is 40.7 Å². The molecule has 0 bridgehead atoms. The molecule has 1 aromatic heterocycles. The molecule has 0 aliphatic rings. The molecule has 0 saturated heterocycles. The molecule has 1 N–H and O–H groups in total. The van der Waals surface area contributed by atoms with Crippen LogP contribution in [0.15, 0.2) is 18.2 Å². The minimum atomic E-state index is -0.0625. The van der Waals surface area contributed by atoms with Gasteiger partial charge in [-0.1, -0.05) is 36.8 Å². The van der Waals surface area contributed by atoms with E-state index in [4.69, 9.17) is 0 Å². The van der Waals surface area contributed by atoms with Crippen LogP contribution in [0.1, 0.15) is 36.4 Å². The van der Waals surface area contributed by atoms with E-state index in [1.807, 2.05) is 4.68 Å². The number of aromatic nitrogens is 3. The fourth-order valence-corrected chi connectivity index (χ4v) is 2.28. The predicted molar refractivity (Wildman–Crippen MR) is 75.3 cm³/mol. The topological polar surface area (TPSA) is 50.9 Å². The zero-order chi connectivity index (χ0) is 14.0. The minimum Gasteiger partial charge on any atom is -0.390 e. The van der Waals surface area contributed by atoms with Gasteiger partial charge in [0.15, 0.2) is 0 Å². The summed E-state index contributed by atoms with van der Waals surface area (Å²) in [5.41, 5.74) is 5.11. The van der Waals surface area contributed by atoms with Crippen LogP contribution in [0.25, 0.3) is 5.69 Å². The van der Waals surface area contributed by atoms with E-state index in [-0.39, 0.29) is 6.61 Å². The van der Waals surface area contributed by atoms with E-state index in [0.29, 0.717) is 11.6 Å². The zero-order valence-corrected chi connectivity index (χ0v) is 12.0. The smallest absolute Gasteiger partial charge is 0.112 e. The molecule has 0 spiro atoms. The summed E-state index contributed by atoms with van der Waals surface area (Å²) < 4.78 is 1.86. The van der Waals surface area contributed by atoms with Gasteiger partial charge in [-0.05, 0) is 37.8 Å². The van der Waals surface area contributed by atoms with Gasteiger partial charge in [0.2, 0.25) is 0 Å². The van der Waals surface area contributed by atoms with Crippen LogP contribution in [0, 0.1) is 19.8 Å². The van der Waals surface area contributed by atoms with Gasteiger partial charge in [0.05, 0.1) is 18.0 Å². The molecule has 4 nitrogen and oxygen atoms in total. The van der Waals surface area contributed by atoms with Crippen molar-refractivity contribution in [1.29, 1.82) is 0 Å². The number of hydrogen-bond donors (Lipinski definition) is 1. The Bertz CT molecular complexity index is 573. The van der Waals surface area contributed by atoms with E-state index >= 15 is 0 Å². The van der Waals surface area contributed by atoms with E-state index in [2.05, 4.69) is 56.2 Å². The molecule has 0 amide bonds. The fourth-order valence-electron chi connectivity index (χ4n) is 2.28. The molecule has 0 fully saturated rings. The third kappa shape index (κ3) is 2.84. The molecule has 2 rings (SSSR count). The lowest BCUT2D eigenvalue weighted by Gasteiger charge is -2.12. The number of nitrogens with zero attached hydrogens (tertiary/aromatic N) is 3. The summed E-state index contributed by atoms with van der Waals surface area (Å²) >= 11 is 0. The molecular weight excluding hydrogens is 238 g/mol. The number of rotatable bonds is 4. The number of aliphatic hydroxyl groups is 1. The lowest BCUT2D eigenvalue weighted by atomic mass is 10.1. The monoisotopic (exact) mass is 259 g/mol. The normalized spacial score (nSPS) is 11.3. The molecule has 0 radical (unpaired) electrons. The van der Waals surface area contributed by atoms with E-state index < -0.39 is 0 Å². The summed E-state index contributed by atoms with van der Waals surface area (Å²) in [6, 6.07) is 6.26. The first-order valence-electron chi connectivity index (χ1n) is 6.65. The molecule has 0 aliphatic carbocycles. The van der Waals surface area contributed by atoms with Gasteiger partial charge in [-0.3, -0.25) is 0 Å². The predicted octanol–water partition coefficient (Wildman–Crippen LogP) is 2.57. The van der Waals surface area contributed by atoms with Crippen molar-refractivity contribution in [1.82, 2.24) is 15.0 Å². The SMILES string of the molecule is Cc1ccc(-n2nnc(CO)c2CC(C)C)c(C)c1. The van der Waals surface area contributed by atoms with Crippen LogP contribution in [0.4, 0.5) is 0 Å². The van der Waals surface area contributed by atoms with Gasteiger partial charge in [0.25, 0.3) is 0 Å². The van der Waals surface area contributed by atoms with Crippen molar-refractivity contribution < 1.29 is 5.11 Å². The Morgan fingerprint density at radius 2 is 2.00 bits per heavy atom. The average molecular weight is 259 g/mol. The van der Waals surface area contributed by atoms with E-state index in [1.54, 1.807) is 0 Å². The summed E-state index contributed by atoms with van der Waals surface area (Å²) in [5, 5.41) is 17.7. The van der Waals surface area contributed by atoms with Crippen LogP contribution < -0.4 is 0 Å². The Hall–Kier alpha value is -1.68. The first-order valence-corrected chi connectivity index (χ1v) is 6.65. The second-order valence-electron chi connectivity index (χ2n) is 5.44. The Kier molecular flexibility index (Phi) is 4.00. The number of aliphatic hydroxyl groups excluding tert-OH is 1. The van der Waals surface area contributed by atoms with Crippen LogP contribution in [0.2, 0.25) is 0 Å². The molecule has 0 unspecified atom stereocenters. The Morgan fingerprint density at radius 3 is 2.58 bits per heavy atom. The van der Waals surface area contributed by atoms with Gasteiger partial charge in [0.1, 0.15) is 5.69 Å². The van der Waals surface area contributed by atoms with Crippen LogP contribution >= 0.6 is 0 Å². The van der Waals surface area contributed by atoms with Crippen molar-refractivity contribution >= 4 is 0 Å². The third-order valence-electron chi connectivity index (χ3n) is 3.18. The van der Waals surface area contributed by atoms with E-state index in [1.165, 1.54) is 11.1 Å². The highest BCUT2D eigenvalue weighted by Crippen LogP contribution is 2.20. The molecular formula is C15H21N3O. The van der Waals surface area contributed by atoms with Gasteiger partial charge in [0, 0.05) is 0 Å². The summed E-state index contributed by atoms with van der Waals surface area (Å²) in [6.07, 6.45) is 0.857. The number of aryl methyl sites for hydroxylation is 2. The summed E-state index contributed by atoms with van der Waals surface area (Å²) in [6.45, 7) is 8.39. The molecule has 4 heteroatoms. The highest BCUT2D eigenvalue weighted by Gasteiger charge is 2.16. The summed E-state index contributed by atoms with van der Waals surface area (Å²) in [4.78, 5) is 0. The number of benzene rings is 1. The van der Waals surface area contributed by atoms with Crippen LogP contribution in [0.3, 0.4) is 0 Å². The van der Waals surface area contributed by atoms with Gasteiger partial charge in [-0.15, -0.1) is 5.10 Å². The quantitative estimate of drug-likeness (QED) is 0.918.